The molecule has 1 radical (unpaired) electrons. The predicted molar refractivity (Wildman–Crippen MR) is 230 cm³/mol. The van der Waals surface area contributed by atoms with Gasteiger partial charge in [-0.25, -0.2) is 0 Å². The van der Waals surface area contributed by atoms with Crippen LogP contribution in [0.1, 0.15) is 75.1 Å². The van der Waals surface area contributed by atoms with E-state index >= 15 is 0 Å². The molecular formula is C51H51IrN3O-2. The van der Waals surface area contributed by atoms with Gasteiger partial charge in [0.2, 0.25) is 0 Å². The summed E-state index contributed by atoms with van der Waals surface area (Å²) < 4.78 is 6.45. The third kappa shape index (κ3) is 9.02. The first-order valence-electron chi connectivity index (χ1n) is 19.3. The largest absolute Gasteiger partial charge is 0.500 e. The first kappa shape index (κ1) is 40.7. The Labute approximate surface area is 346 Å². The second-order valence-corrected chi connectivity index (χ2v) is 17.4. The second kappa shape index (κ2) is 16.3. The number of pyridine rings is 3. The van der Waals surface area contributed by atoms with Crippen LogP contribution in [0.15, 0.2) is 108 Å². The Kier molecular flexibility index (Phi) is 11.8. The van der Waals surface area contributed by atoms with Gasteiger partial charge in [-0.3, -0.25) is 4.98 Å². The third-order valence-electron chi connectivity index (χ3n) is 10.2. The van der Waals surface area contributed by atoms with E-state index in [4.69, 9.17) is 4.42 Å². The van der Waals surface area contributed by atoms with E-state index in [2.05, 4.69) is 162 Å². The van der Waals surface area contributed by atoms with Crippen LogP contribution in [0.4, 0.5) is 0 Å². The summed E-state index contributed by atoms with van der Waals surface area (Å²) in [5.41, 5.74) is 16.0. The Bertz CT molecular complexity index is 2660. The van der Waals surface area contributed by atoms with Crippen LogP contribution in [0, 0.1) is 50.7 Å². The van der Waals surface area contributed by atoms with Gasteiger partial charge in [-0.15, -0.1) is 47.5 Å². The molecule has 5 heteroatoms. The van der Waals surface area contributed by atoms with E-state index in [1.807, 2.05) is 37.6 Å². The molecule has 0 aliphatic heterocycles. The van der Waals surface area contributed by atoms with E-state index in [0.29, 0.717) is 5.41 Å². The van der Waals surface area contributed by atoms with E-state index in [1.54, 1.807) is 0 Å². The molecule has 0 saturated heterocycles. The van der Waals surface area contributed by atoms with Gasteiger partial charge in [-0.05, 0) is 84.7 Å². The number of aryl methyl sites for hydroxylation is 4. The predicted octanol–water partition coefficient (Wildman–Crippen LogP) is 13.6. The van der Waals surface area contributed by atoms with Crippen LogP contribution in [-0.2, 0) is 32.9 Å². The Morgan fingerprint density at radius 2 is 1.23 bits per heavy atom. The van der Waals surface area contributed by atoms with E-state index in [0.717, 1.165) is 73.8 Å². The Morgan fingerprint density at radius 1 is 0.571 bits per heavy atom. The van der Waals surface area contributed by atoms with Crippen LogP contribution in [0.2, 0.25) is 0 Å². The van der Waals surface area contributed by atoms with Gasteiger partial charge in [0.05, 0.1) is 5.58 Å². The average molecular weight is 914 g/mol. The van der Waals surface area contributed by atoms with Crippen LogP contribution in [0.3, 0.4) is 0 Å². The molecule has 4 heterocycles. The fraction of sp³-hybridized carbons (Fsp3) is 0.275. The molecule has 0 bridgehead atoms. The van der Waals surface area contributed by atoms with Gasteiger partial charge in [0.1, 0.15) is 5.58 Å². The molecule has 287 valence electrons. The van der Waals surface area contributed by atoms with Crippen molar-refractivity contribution in [2.75, 3.05) is 0 Å². The fourth-order valence-corrected chi connectivity index (χ4v) is 7.33. The maximum atomic E-state index is 6.45. The van der Waals surface area contributed by atoms with Gasteiger partial charge < -0.3 is 14.4 Å². The first-order valence-corrected chi connectivity index (χ1v) is 19.3. The zero-order chi connectivity index (χ0) is 39.1. The van der Waals surface area contributed by atoms with Crippen molar-refractivity contribution < 1.29 is 24.5 Å². The molecule has 0 spiro atoms. The molecule has 0 aliphatic carbocycles. The Hall–Kier alpha value is -4.96. The van der Waals surface area contributed by atoms with E-state index in [-0.39, 0.29) is 25.5 Å². The molecule has 4 nitrogen and oxygen atoms in total. The van der Waals surface area contributed by atoms with Gasteiger partial charge in [-0.2, -0.15) is 0 Å². The molecule has 4 aromatic heterocycles. The maximum absolute atomic E-state index is 6.45. The van der Waals surface area contributed by atoms with E-state index < -0.39 is 0 Å². The summed E-state index contributed by atoms with van der Waals surface area (Å²) in [6.45, 7) is 22.0. The molecular weight excluding hydrogens is 863 g/mol. The maximum Gasteiger partial charge on any atom is 0.128 e. The van der Waals surface area contributed by atoms with Crippen molar-refractivity contribution in [1.29, 1.82) is 0 Å². The van der Waals surface area contributed by atoms with Gasteiger partial charge in [0.25, 0.3) is 0 Å². The van der Waals surface area contributed by atoms with E-state index in [9.17, 15) is 0 Å². The molecule has 0 aliphatic rings. The summed E-state index contributed by atoms with van der Waals surface area (Å²) in [6, 6.07) is 36.8. The van der Waals surface area contributed by atoms with Crippen molar-refractivity contribution >= 4 is 32.7 Å². The molecule has 8 aromatic rings. The van der Waals surface area contributed by atoms with Gasteiger partial charge in [-0.1, -0.05) is 125 Å². The Morgan fingerprint density at radius 3 is 1.95 bits per heavy atom. The minimum absolute atomic E-state index is 0. The number of aromatic nitrogens is 3. The molecule has 0 N–H and O–H groups in total. The zero-order valence-corrected chi connectivity index (χ0v) is 36.7. The molecule has 0 unspecified atom stereocenters. The Balaban J connectivity index is 0.000000188. The summed E-state index contributed by atoms with van der Waals surface area (Å²) in [7, 11) is 0. The number of rotatable bonds is 5. The van der Waals surface area contributed by atoms with Gasteiger partial charge >= 0.3 is 0 Å². The monoisotopic (exact) mass is 914 g/mol. The summed E-state index contributed by atoms with van der Waals surface area (Å²) in [4.78, 5) is 13.6. The summed E-state index contributed by atoms with van der Waals surface area (Å²) in [5.74, 6) is 0. The second-order valence-electron chi connectivity index (χ2n) is 17.4. The molecule has 0 fully saturated rings. The van der Waals surface area contributed by atoms with E-state index in [1.165, 1.54) is 38.9 Å². The third-order valence-corrected chi connectivity index (χ3v) is 10.2. The number of benzene rings is 4. The molecule has 0 atom stereocenters. The van der Waals surface area contributed by atoms with Crippen LogP contribution in [0.25, 0.3) is 66.4 Å². The number of nitrogens with zero attached hydrogens (tertiary/aromatic N) is 3. The SMILES string of the molecule is Cc1cnc(-c2[c-]cc(C)c(-c3ccc(CC(C)(C)C)cc3)c2)cc1C.Cc1nccc2c1ccc1c3cc[c-]c(-c4cc(CC(C)(C)C)ccn4)c3oc21.[Ir]. The molecule has 8 rings (SSSR count). The van der Waals surface area contributed by atoms with Crippen molar-refractivity contribution in [2.45, 2.75) is 82.1 Å². The van der Waals surface area contributed by atoms with Crippen LogP contribution in [0.5, 0.6) is 0 Å². The zero-order valence-electron chi connectivity index (χ0n) is 34.3. The standard InChI is InChI=1S/C26H23N2O.C25H28N.Ir/c1-16-18-8-9-20-19-6-5-7-22(25(19)29-24(20)21(18)11-13-27-16)23-14-17(10-12-28-23)15-26(2,3)4;1-17-7-10-22(24-13-18(2)19(3)16-26-24)14-23(17)21-11-8-20(9-12-21)15-25(4,5)6;/h5-6,8-14H,15H2,1-4H3;7-9,11-14,16H,15H2,1-6H3;/q2*-1;. The molecule has 4 aromatic carbocycles. The smallest absolute Gasteiger partial charge is 0.128 e. The average Bonchev–Trinajstić information content (AvgIpc) is 3.52. The normalized spacial score (nSPS) is 11.8. The van der Waals surface area contributed by atoms with Gasteiger partial charge in [0, 0.05) is 60.5 Å². The van der Waals surface area contributed by atoms with Crippen molar-refractivity contribution in [3.8, 4) is 33.6 Å². The van der Waals surface area contributed by atoms with Crippen molar-refractivity contribution in [3.63, 3.8) is 0 Å². The van der Waals surface area contributed by atoms with Crippen LogP contribution < -0.4 is 0 Å². The first-order chi connectivity index (χ1) is 26.1. The van der Waals surface area contributed by atoms with Crippen molar-refractivity contribution in [3.05, 3.63) is 149 Å². The fourth-order valence-electron chi connectivity index (χ4n) is 7.33. The molecule has 0 saturated carbocycles. The molecule has 0 amide bonds. The van der Waals surface area contributed by atoms with Crippen molar-refractivity contribution in [2.24, 2.45) is 10.8 Å². The number of fused-ring (bicyclic) bond motifs is 5. The van der Waals surface area contributed by atoms with Crippen LogP contribution in [-0.4, -0.2) is 15.0 Å². The quantitative estimate of drug-likeness (QED) is 0.161. The summed E-state index contributed by atoms with van der Waals surface area (Å²) >= 11 is 0. The van der Waals surface area contributed by atoms with Gasteiger partial charge in [0.15, 0.2) is 0 Å². The van der Waals surface area contributed by atoms with Crippen molar-refractivity contribution in [1.82, 2.24) is 15.0 Å². The minimum atomic E-state index is 0. The summed E-state index contributed by atoms with van der Waals surface area (Å²) in [6.07, 6.45) is 7.76. The van der Waals surface area contributed by atoms with Crippen LogP contribution >= 0.6 is 0 Å². The summed E-state index contributed by atoms with van der Waals surface area (Å²) in [5, 5.41) is 4.41. The minimum Gasteiger partial charge on any atom is -0.500 e. The number of hydrogen-bond acceptors (Lipinski definition) is 4. The molecule has 56 heavy (non-hydrogen) atoms. The number of hydrogen-bond donors (Lipinski definition) is 0. The number of furan rings is 1. The topological polar surface area (TPSA) is 51.8 Å².